The first-order chi connectivity index (χ1) is 6.27. The molecular formula is C10H13BrN2. The summed E-state index contributed by atoms with van der Waals surface area (Å²) in [4.78, 5) is 4.45. The average Bonchev–Trinajstić information content (AvgIpc) is 2.56. The van der Waals surface area contributed by atoms with E-state index in [1.807, 2.05) is 6.20 Å². The fourth-order valence-electron chi connectivity index (χ4n) is 1.83. The molecule has 1 aromatic heterocycles. The molecule has 0 bridgehead atoms. The van der Waals surface area contributed by atoms with Crippen LogP contribution in [0.1, 0.15) is 30.1 Å². The number of halogens is 1. The van der Waals surface area contributed by atoms with Gasteiger partial charge in [-0.15, -0.1) is 0 Å². The van der Waals surface area contributed by atoms with Crippen LogP contribution in [0.2, 0.25) is 0 Å². The Hall–Kier alpha value is -0.410. The summed E-state index contributed by atoms with van der Waals surface area (Å²) in [5, 5.41) is 3.46. The zero-order valence-corrected chi connectivity index (χ0v) is 9.26. The maximum Gasteiger partial charge on any atom is 0.0603 e. The second-order valence-corrected chi connectivity index (χ2v) is 4.42. The summed E-state index contributed by atoms with van der Waals surface area (Å²) in [6, 6.07) is 2.61. The highest BCUT2D eigenvalue weighted by molar-refractivity contribution is 9.10. The molecule has 1 aliphatic rings. The second kappa shape index (κ2) is 3.76. The van der Waals surface area contributed by atoms with Crippen molar-refractivity contribution in [2.45, 2.75) is 25.8 Å². The molecule has 0 radical (unpaired) electrons. The highest BCUT2D eigenvalue weighted by Gasteiger charge is 2.18. The highest BCUT2D eigenvalue weighted by atomic mass is 79.9. The van der Waals surface area contributed by atoms with E-state index in [2.05, 4.69) is 39.2 Å². The minimum absolute atomic E-state index is 0.480. The first-order valence-electron chi connectivity index (χ1n) is 4.63. The Morgan fingerprint density at radius 2 is 2.46 bits per heavy atom. The van der Waals surface area contributed by atoms with Gasteiger partial charge in [0.1, 0.15) is 0 Å². The summed E-state index contributed by atoms with van der Waals surface area (Å²) in [7, 11) is 0. The first kappa shape index (κ1) is 9.16. The summed E-state index contributed by atoms with van der Waals surface area (Å²) in [6.07, 6.45) is 4.36. The van der Waals surface area contributed by atoms with Gasteiger partial charge in [-0.05, 0) is 53.9 Å². The molecule has 13 heavy (non-hydrogen) atoms. The molecule has 0 saturated carbocycles. The second-order valence-electron chi connectivity index (χ2n) is 3.50. The Kier molecular flexibility index (Phi) is 2.65. The van der Waals surface area contributed by atoms with Crippen molar-refractivity contribution in [3.05, 3.63) is 28.0 Å². The summed E-state index contributed by atoms with van der Waals surface area (Å²) >= 11 is 3.42. The van der Waals surface area contributed by atoms with Crippen molar-refractivity contribution in [1.82, 2.24) is 10.3 Å². The fourth-order valence-corrected chi connectivity index (χ4v) is 2.28. The molecule has 0 amide bonds. The number of rotatable bonds is 1. The van der Waals surface area contributed by atoms with Crippen molar-refractivity contribution < 1.29 is 0 Å². The Morgan fingerprint density at radius 1 is 1.62 bits per heavy atom. The van der Waals surface area contributed by atoms with Crippen LogP contribution in [0.3, 0.4) is 0 Å². The van der Waals surface area contributed by atoms with Crippen LogP contribution in [-0.4, -0.2) is 11.5 Å². The van der Waals surface area contributed by atoms with Gasteiger partial charge in [0.05, 0.1) is 5.69 Å². The third-order valence-corrected chi connectivity index (χ3v) is 2.91. The van der Waals surface area contributed by atoms with Crippen LogP contribution >= 0.6 is 15.9 Å². The van der Waals surface area contributed by atoms with Crippen molar-refractivity contribution in [2.75, 3.05) is 6.54 Å². The van der Waals surface area contributed by atoms with Crippen molar-refractivity contribution in [3.63, 3.8) is 0 Å². The van der Waals surface area contributed by atoms with Gasteiger partial charge in [-0.2, -0.15) is 0 Å². The largest absolute Gasteiger partial charge is 0.309 e. The Morgan fingerprint density at radius 3 is 3.08 bits per heavy atom. The average molecular weight is 241 g/mol. The minimum Gasteiger partial charge on any atom is -0.309 e. The predicted octanol–water partition coefficient (Wildman–Crippen LogP) is 2.58. The van der Waals surface area contributed by atoms with Crippen molar-refractivity contribution in [3.8, 4) is 0 Å². The minimum atomic E-state index is 0.480. The smallest absolute Gasteiger partial charge is 0.0603 e. The topological polar surface area (TPSA) is 24.9 Å². The van der Waals surface area contributed by atoms with Gasteiger partial charge in [-0.1, -0.05) is 0 Å². The molecule has 2 nitrogen and oxygen atoms in total. The van der Waals surface area contributed by atoms with Crippen LogP contribution < -0.4 is 5.32 Å². The molecule has 1 atom stereocenters. The number of hydrogen-bond acceptors (Lipinski definition) is 2. The molecule has 2 heterocycles. The summed E-state index contributed by atoms with van der Waals surface area (Å²) in [5.74, 6) is 0. The lowest BCUT2D eigenvalue weighted by Crippen LogP contribution is -2.15. The Balaban J connectivity index is 2.29. The molecule has 0 aliphatic carbocycles. The van der Waals surface area contributed by atoms with E-state index in [0.29, 0.717) is 6.04 Å². The van der Waals surface area contributed by atoms with Gasteiger partial charge >= 0.3 is 0 Å². The van der Waals surface area contributed by atoms with E-state index in [1.165, 1.54) is 24.1 Å². The third-order valence-electron chi connectivity index (χ3n) is 2.48. The number of nitrogens with zero attached hydrogens (tertiary/aromatic N) is 1. The van der Waals surface area contributed by atoms with Gasteiger partial charge in [-0.3, -0.25) is 4.98 Å². The summed E-state index contributed by atoms with van der Waals surface area (Å²) < 4.78 is 1.06. The predicted molar refractivity (Wildman–Crippen MR) is 56.7 cm³/mol. The summed E-state index contributed by atoms with van der Waals surface area (Å²) in [5.41, 5.74) is 2.48. The lowest BCUT2D eigenvalue weighted by atomic mass is 10.1. The van der Waals surface area contributed by atoms with Crippen LogP contribution in [0.25, 0.3) is 0 Å². The Labute approximate surface area is 86.9 Å². The molecule has 0 aromatic carbocycles. The molecule has 1 N–H and O–H groups in total. The van der Waals surface area contributed by atoms with E-state index in [0.717, 1.165) is 11.0 Å². The van der Waals surface area contributed by atoms with E-state index in [-0.39, 0.29) is 0 Å². The van der Waals surface area contributed by atoms with Crippen molar-refractivity contribution in [2.24, 2.45) is 0 Å². The van der Waals surface area contributed by atoms with Crippen LogP contribution in [0.4, 0.5) is 0 Å². The fraction of sp³-hybridized carbons (Fsp3) is 0.500. The molecule has 0 spiro atoms. The number of hydrogen-bond donors (Lipinski definition) is 1. The van der Waals surface area contributed by atoms with Crippen LogP contribution in [-0.2, 0) is 0 Å². The molecule has 3 heteroatoms. The molecule has 1 aliphatic heterocycles. The molecule has 1 aromatic rings. The quantitative estimate of drug-likeness (QED) is 0.817. The Bertz CT molecular complexity index is 306. The van der Waals surface area contributed by atoms with E-state index in [9.17, 15) is 0 Å². The van der Waals surface area contributed by atoms with Crippen LogP contribution in [0.15, 0.2) is 16.7 Å². The third kappa shape index (κ3) is 1.92. The monoisotopic (exact) mass is 240 g/mol. The molecule has 70 valence electrons. The summed E-state index contributed by atoms with van der Waals surface area (Å²) in [6.45, 7) is 3.24. The first-order valence-corrected chi connectivity index (χ1v) is 5.42. The number of aryl methyl sites for hydroxylation is 1. The van der Waals surface area contributed by atoms with Gasteiger partial charge in [-0.25, -0.2) is 0 Å². The number of aromatic nitrogens is 1. The lowest BCUT2D eigenvalue weighted by Gasteiger charge is -2.12. The van der Waals surface area contributed by atoms with Crippen molar-refractivity contribution in [1.29, 1.82) is 0 Å². The maximum absolute atomic E-state index is 4.45. The maximum atomic E-state index is 4.45. The van der Waals surface area contributed by atoms with Gasteiger partial charge in [0.15, 0.2) is 0 Å². The molecular weight excluding hydrogens is 228 g/mol. The SMILES string of the molecule is Cc1cc(Br)cnc1[C@@H]1CCCN1. The zero-order chi connectivity index (χ0) is 9.26. The van der Waals surface area contributed by atoms with E-state index in [4.69, 9.17) is 0 Å². The van der Waals surface area contributed by atoms with Crippen LogP contribution in [0.5, 0.6) is 0 Å². The molecule has 2 rings (SSSR count). The van der Waals surface area contributed by atoms with E-state index >= 15 is 0 Å². The van der Waals surface area contributed by atoms with Gasteiger partial charge in [0.2, 0.25) is 0 Å². The molecule has 1 fully saturated rings. The lowest BCUT2D eigenvalue weighted by molar-refractivity contribution is 0.623. The van der Waals surface area contributed by atoms with Gasteiger partial charge in [0, 0.05) is 16.7 Å². The normalized spacial score (nSPS) is 22.2. The number of pyridine rings is 1. The van der Waals surface area contributed by atoms with Crippen molar-refractivity contribution >= 4 is 15.9 Å². The zero-order valence-electron chi connectivity index (χ0n) is 7.68. The van der Waals surface area contributed by atoms with E-state index < -0.39 is 0 Å². The van der Waals surface area contributed by atoms with Crippen LogP contribution in [0, 0.1) is 6.92 Å². The standard InChI is InChI=1S/C10H13BrN2/c1-7-5-8(11)6-13-10(7)9-3-2-4-12-9/h5-6,9,12H,2-4H2,1H3/t9-/m0/s1. The molecule has 0 unspecified atom stereocenters. The molecule has 1 saturated heterocycles. The number of nitrogens with one attached hydrogen (secondary N) is 1. The highest BCUT2D eigenvalue weighted by Crippen LogP contribution is 2.25. The van der Waals surface area contributed by atoms with E-state index in [1.54, 1.807) is 0 Å². The van der Waals surface area contributed by atoms with Gasteiger partial charge in [0.25, 0.3) is 0 Å². The van der Waals surface area contributed by atoms with Gasteiger partial charge < -0.3 is 5.32 Å².